The fourth-order valence-corrected chi connectivity index (χ4v) is 3.25. The highest BCUT2D eigenvalue weighted by molar-refractivity contribution is 6.75. The summed E-state index contributed by atoms with van der Waals surface area (Å²) in [4.78, 5) is 2.72. The summed E-state index contributed by atoms with van der Waals surface area (Å²) in [5.41, 5.74) is 8.86. The molecule has 16 heavy (non-hydrogen) atoms. The number of nitrogens with zero attached hydrogens (tertiary/aromatic N) is 3. The Morgan fingerprint density at radius 1 is 1.19 bits per heavy atom. The van der Waals surface area contributed by atoms with Gasteiger partial charge in [-0.2, -0.15) is 0 Å². The molecule has 7 heteroatoms. The molecule has 0 heterocycles. The first-order valence-corrected chi connectivity index (χ1v) is 6.26. The van der Waals surface area contributed by atoms with E-state index < -0.39 is 8.80 Å². The second kappa shape index (κ2) is 5.64. The summed E-state index contributed by atoms with van der Waals surface area (Å²) in [5.74, 6) is 0. The number of benzene rings is 1. The van der Waals surface area contributed by atoms with Crippen LogP contribution in [0.15, 0.2) is 29.4 Å². The van der Waals surface area contributed by atoms with Crippen LogP contribution < -0.4 is 5.19 Å². The monoisotopic (exact) mass is 239 g/mol. The smallest absolute Gasteiger partial charge is 0.373 e. The van der Waals surface area contributed by atoms with Crippen LogP contribution in [-0.4, -0.2) is 30.1 Å². The van der Waals surface area contributed by atoms with E-state index >= 15 is 0 Å². The molecule has 0 amide bonds. The molecule has 0 aliphatic carbocycles. The molecule has 1 aromatic carbocycles. The zero-order valence-electron chi connectivity index (χ0n) is 9.38. The van der Waals surface area contributed by atoms with Crippen molar-refractivity contribution in [2.75, 3.05) is 21.3 Å². The Hall–Kier alpha value is -1.37. The highest BCUT2D eigenvalue weighted by atomic mass is 28.4. The van der Waals surface area contributed by atoms with Gasteiger partial charge >= 0.3 is 8.80 Å². The molecule has 0 radical (unpaired) electrons. The van der Waals surface area contributed by atoms with Crippen LogP contribution in [0.4, 0.5) is 5.69 Å². The first-order chi connectivity index (χ1) is 7.72. The Morgan fingerprint density at radius 2 is 1.81 bits per heavy atom. The van der Waals surface area contributed by atoms with Crippen LogP contribution in [0.2, 0.25) is 0 Å². The molecule has 0 unspecified atom stereocenters. The molecule has 0 bridgehead atoms. The molecule has 86 valence electrons. The molecule has 0 saturated carbocycles. The summed E-state index contributed by atoms with van der Waals surface area (Å²) >= 11 is 0. The van der Waals surface area contributed by atoms with Gasteiger partial charge < -0.3 is 13.3 Å². The first-order valence-electron chi connectivity index (χ1n) is 4.53. The maximum Gasteiger partial charge on any atom is 0.536 e. The van der Waals surface area contributed by atoms with E-state index in [1.807, 2.05) is 6.07 Å². The molecule has 0 aromatic heterocycles. The average molecular weight is 239 g/mol. The third-order valence-corrected chi connectivity index (χ3v) is 4.80. The van der Waals surface area contributed by atoms with E-state index in [4.69, 9.17) is 18.8 Å². The van der Waals surface area contributed by atoms with Crippen molar-refractivity contribution < 1.29 is 13.3 Å². The molecule has 0 atom stereocenters. The molecular weight excluding hydrogens is 226 g/mol. The molecule has 6 nitrogen and oxygen atoms in total. The van der Waals surface area contributed by atoms with Crippen LogP contribution >= 0.6 is 0 Å². The highest BCUT2D eigenvalue weighted by Gasteiger charge is 2.40. The van der Waals surface area contributed by atoms with Crippen molar-refractivity contribution in [1.29, 1.82) is 0 Å². The average Bonchev–Trinajstić information content (AvgIpc) is 2.33. The molecule has 0 fully saturated rings. The molecule has 1 rings (SSSR count). The fraction of sp³-hybridized carbons (Fsp3) is 0.333. The topological polar surface area (TPSA) is 76.5 Å². The lowest BCUT2D eigenvalue weighted by molar-refractivity contribution is 0.140. The van der Waals surface area contributed by atoms with Gasteiger partial charge in [0.25, 0.3) is 0 Å². The zero-order chi connectivity index (χ0) is 12.0. The summed E-state index contributed by atoms with van der Waals surface area (Å²) in [7, 11) is 1.74. The van der Waals surface area contributed by atoms with E-state index in [-0.39, 0.29) is 0 Å². The second-order valence-electron chi connectivity index (χ2n) is 2.91. The lowest BCUT2D eigenvalue weighted by Gasteiger charge is -2.24. The van der Waals surface area contributed by atoms with Crippen molar-refractivity contribution in [3.05, 3.63) is 34.7 Å². The van der Waals surface area contributed by atoms with E-state index in [1.54, 1.807) is 18.2 Å². The number of rotatable bonds is 5. The number of azide groups is 1. The van der Waals surface area contributed by atoms with Crippen molar-refractivity contribution in [3.8, 4) is 0 Å². The van der Waals surface area contributed by atoms with E-state index in [2.05, 4.69) is 10.0 Å². The van der Waals surface area contributed by atoms with Crippen molar-refractivity contribution in [1.82, 2.24) is 0 Å². The number of hydrogen-bond donors (Lipinski definition) is 0. The predicted molar refractivity (Wildman–Crippen MR) is 61.7 cm³/mol. The van der Waals surface area contributed by atoms with Crippen LogP contribution in [0.1, 0.15) is 0 Å². The van der Waals surface area contributed by atoms with Crippen LogP contribution in [0, 0.1) is 0 Å². The Kier molecular flexibility index (Phi) is 4.48. The Morgan fingerprint density at radius 3 is 2.31 bits per heavy atom. The molecule has 0 saturated heterocycles. The standard InChI is InChI=1S/C9H13N3O3Si/c1-13-16(14-2,15-3)9-6-4-5-8(7-9)11-12-10/h4-7H,1-3H3. The van der Waals surface area contributed by atoms with Gasteiger partial charge in [0.1, 0.15) is 0 Å². The molecule has 0 aliphatic rings. The fourth-order valence-electron chi connectivity index (χ4n) is 1.41. The molecule has 1 aromatic rings. The SMILES string of the molecule is CO[Si](OC)(OC)c1cccc(N=[N+]=[N-])c1. The Bertz CT molecular complexity index is 394. The van der Waals surface area contributed by atoms with Crippen LogP contribution in [0.5, 0.6) is 0 Å². The summed E-state index contributed by atoms with van der Waals surface area (Å²) < 4.78 is 15.9. The third-order valence-electron chi connectivity index (χ3n) is 2.17. The van der Waals surface area contributed by atoms with Gasteiger partial charge in [-0.1, -0.05) is 23.3 Å². The van der Waals surface area contributed by atoms with Crippen molar-refractivity contribution >= 4 is 19.7 Å². The van der Waals surface area contributed by atoms with Crippen LogP contribution in [0.25, 0.3) is 10.4 Å². The number of hydrogen-bond acceptors (Lipinski definition) is 4. The van der Waals surface area contributed by atoms with E-state index in [0.29, 0.717) is 5.69 Å². The third kappa shape index (κ3) is 2.41. The molecular formula is C9H13N3O3Si. The van der Waals surface area contributed by atoms with E-state index in [9.17, 15) is 0 Å². The minimum atomic E-state index is -2.84. The Labute approximate surface area is 94.8 Å². The largest absolute Gasteiger partial charge is 0.536 e. The lowest BCUT2D eigenvalue weighted by atomic mass is 10.3. The Balaban J connectivity index is 3.19. The van der Waals surface area contributed by atoms with Crippen LogP contribution in [-0.2, 0) is 13.3 Å². The highest BCUT2D eigenvalue weighted by Crippen LogP contribution is 2.13. The van der Waals surface area contributed by atoms with Crippen molar-refractivity contribution in [3.63, 3.8) is 0 Å². The second-order valence-corrected chi connectivity index (χ2v) is 5.82. The van der Waals surface area contributed by atoms with Crippen molar-refractivity contribution in [2.45, 2.75) is 0 Å². The van der Waals surface area contributed by atoms with Gasteiger partial charge in [0.05, 0.1) is 0 Å². The zero-order valence-corrected chi connectivity index (χ0v) is 10.4. The van der Waals surface area contributed by atoms with Gasteiger partial charge in [-0.15, -0.1) is 0 Å². The quantitative estimate of drug-likeness (QED) is 0.340. The van der Waals surface area contributed by atoms with Crippen molar-refractivity contribution in [2.24, 2.45) is 5.11 Å². The van der Waals surface area contributed by atoms with Gasteiger partial charge in [-0.25, -0.2) is 0 Å². The van der Waals surface area contributed by atoms with Gasteiger partial charge in [0.15, 0.2) is 0 Å². The van der Waals surface area contributed by atoms with E-state index in [0.717, 1.165) is 5.19 Å². The van der Waals surface area contributed by atoms with E-state index in [1.165, 1.54) is 21.3 Å². The van der Waals surface area contributed by atoms with Gasteiger partial charge in [0.2, 0.25) is 0 Å². The maximum atomic E-state index is 8.36. The van der Waals surface area contributed by atoms with Gasteiger partial charge in [-0.05, 0) is 11.6 Å². The first kappa shape index (κ1) is 12.7. The van der Waals surface area contributed by atoms with Gasteiger partial charge in [-0.3, -0.25) is 0 Å². The molecule has 0 aliphatic heterocycles. The summed E-state index contributed by atoms with van der Waals surface area (Å²) in [6, 6.07) is 6.98. The maximum absolute atomic E-state index is 8.36. The minimum absolute atomic E-state index is 0.503. The molecule has 0 N–H and O–H groups in total. The summed E-state index contributed by atoms with van der Waals surface area (Å²) in [5, 5.41) is 4.27. The summed E-state index contributed by atoms with van der Waals surface area (Å²) in [6.07, 6.45) is 0. The lowest BCUT2D eigenvalue weighted by Crippen LogP contribution is -2.54. The minimum Gasteiger partial charge on any atom is -0.373 e. The van der Waals surface area contributed by atoms with Crippen LogP contribution in [0.3, 0.4) is 0 Å². The predicted octanol–water partition coefficient (Wildman–Crippen LogP) is 1.71. The summed E-state index contributed by atoms with van der Waals surface area (Å²) in [6.45, 7) is 0. The molecule has 0 spiro atoms. The normalized spacial score (nSPS) is 10.9. The van der Waals surface area contributed by atoms with Gasteiger partial charge in [0, 0.05) is 37.1 Å².